The molecule has 0 atom stereocenters. The van der Waals surface area contributed by atoms with Crippen molar-refractivity contribution < 1.29 is 29.0 Å². The maximum absolute atomic E-state index is 13.2. The third-order valence-corrected chi connectivity index (χ3v) is 5.77. The molecule has 0 radical (unpaired) electrons. The van der Waals surface area contributed by atoms with Crippen LogP contribution in [0.25, 0.3) is 6.08 Å². The van der Waals surface area contributed by atoms with Crippen LogP contribution in [0.15, 0.2) is 78.9 Å². The first-order valence-corrected chi connectivity index (χ1v) is 11.6. The molecule has 0 saturated carbocycles. The molecule has 0 aliphatic carbocycles. The SMILES string of the molecule is C=CCc1cc(/C=C2\C(=O)NC(=O)N(c3ccc(O)cc3)C2=O)cc(OC)c1OCc1cccc(Cl)c1. The summed E-state index contributed by atoms with van der Waals surface area (Å²) in [6.45, 7) is 4.04. The minimum atomic E-state index is -0.882. The number of halogens is 1. The van der Waals surface area contributed by atoms with E-state index in [1.807, 2.05) is 12.1 Å². The summed E-state index contributed by atoms with van der Waals surface area (Å²) in [5.41, 5.74) is 2.04. The predicted octanol–water partition coefficient (Wildman–Crippen LogP) is 5.03. The molecule has 9 heteroatoms. The first-order chi connectivity index (χ1) is 17.8. The van der Waals surface area contributed by atoms with Crippen LogP contribution in [-0.4, -0.2) is 30.1 Å². The van der Waals surface area contributed by atoms with Gasteiger partial charge < -0.3 is 14.6 Å². The molecule has 1 aliphatic rings. The molecule has 188 valence electrons. The Balaban J connectivity index is 1.69. The summed E-state index contributed by atoms with van der Waals surface area (Å²) in [6, 6.07) is 15.3. The van der Waals surface area contributed by atoms with Crippen LogP contribution in [0.2, 0.25) is 5.02 Å². The van der Waals surface area contributed by atoms with E-state index in [2.05, 4.69) is 11.9 Å². The molecule has 3 aromatic rings. The summed E-state index contributed by atoms with van der Waals surface area (Å²) in [6.07, 6.45) is 3.51. The number of nitrogens with zero attached hydrogens (tertiary/aromatic N) is 1. The van der Waals surface area contributed by atoms with Gasteiger partial charge >= 0.3 is 6.03 Å². The van der Waals surface area contributed by atoms with E-state index in [1.165, 1.54) is 37.5 Å². The number of barbiturate groups is 1. The van der Waals surface area contributed by atoms with Crippen LogP contribution in [0.1, 0.15) is 16.7 Å². The fourth-order valence-electron chi connectivity index (χ4n) is 3.83. The highest BCUT2D eigenvalue weighted by molar-refractivity contribution is 6.39. The highest BCUT2D eigenvalue weighted by Gasteiger charge is 2.36. The Kier molecular flexibility index (Phi) is 7.60. The second-order valence-corrected chi connectivity index (χ2v) is 8.53. The number of urea groups is 1. The lowest BCUT2D eigenvalue weighted by molar-refractivity contribution is -0.122. The normalized spacial score (nSPS) is 14.5. The van der Waals surface area contributed by atoms with Gasteiger partial charge in [-0.1, -0.05) is 29.8 Å². The van der Waals surface area contributed by atoms with E-state index in [4.69, 9.17) is 21.1 Å². The summed E-state index contributed by atoms with van der Waals surface area (Å²) < 4.78 is 11.6. The molecule has 2 N–H and O–H groups in total. The first kappa shape index (κ1) is 25.5. The summed E-state index contributed by atoms with van der Waals surface area (Å²) in [4.78, 5) is 39.0. The van der Waals surface area contributed by atoms with E-state index in [-0.39, 0.29) is 23.6 Å². The van der Waals surface area contributed by atoms with Gasteiger partial charge in [0.05, 0.1) is 12.8 Å². The number of hydrogen-bond acceptors (Lipinski definition) is 6. The van der Waals surface area contributed by atoms with Crippen LogP contribution in [0.5, 0.6) is 17.2 Å². The van der Waals surface area contributed by atoms with Crippen molar-refractivity contribution >= 4 is 41.2 Å². The molecular formula is C28H23ClN2O6. The van der Waals surface area contributed by atoms with Crippen molar-refractivity contribution in [2.45, 2.75) is 13.0 Å². The molecule has 0 spiro atoms. The minimum Gasteiger partial charge on any atom is -0.508 e. The molecule has 0 bridgehead atoms. The maximum atomic E-state index is 13.2. The molecular weight excluding hydrogens is 496 g/mol. The molecule has 8 nitrogen and oxygen atoms in total. The number of aromatic hydroxyl groups is 1. The van der Waals surface area contributed by atoms with Crippen molar-refractivity contribution in [2.24, 2.45) is 0 Å². The largest absolute Gasteiger partial charge is 0.508 e. The van der Waals surface area contributed by atoms with Crippen molar-refractivity contribution in [3.05, 3.63) is 101 Å². The number of ether oxygens (including phenoxy) is 2. The van der Waals surface area contributed by atoms with Crippen molar-refractivity contribution in [3.8, 4) is 17.2 Å². The second kappa shape index (κ2) is 11.0. The number of carbonyl (C=O) groups excluding carboxylic acids is 3. The van der Waals surface area contributed by atoms with Crippen molar-refractivity contribution in [3.63, 3.8) is 0 Å². The van der Waals surface area contributed by atoms with Crippen LogP contribution >= 0.6 is 11.6 Å². The summed E-state index contributed by atoms with van der Waals surface area (Å²) >= 11 is 6.07. The van der Waals surface area contributed by atoms with E-state index in [1.54, 1.807) is 30.3 Å². The van der Waals surface area contributed by atoms with E-state index >= 15 is 0 Å². The molecule has 0 unspecified atom stereocenters. The lowest BCUT2D eigenvalue weighted by Crippen LogP contribution is -2.54. The Morgan fingerprint density at radius 3 is 2.51 bits per heavy atom. The maximum Gasteiger partial charge on any atom is 0.335 e. The molecule has 0 aromatic heterocycles. The van der Waals surface area contributed by atoms with Gasteiger partial charge in [-0.15, -0.1) is 6.58 Å². The van der Waals surface area contributed by atoms with Gasteiger partial charge in [-0.25, -0.2) is 9.69 Å². The molecule has 1 fully saturated rings. The zero-order valence-electron chi connectivity index (χ0n) is 19.9. The lowest BCUT2D eigenvalue weighted by atomic mass is 10.0. The van der Waals surface area contributed by atoms with Gasteiger partial charge in [0, 0.05) is 10.6 Å². The number of imide groups is 2. The summed E-state index contributed by atoms with van der Waals surface area (Å²) in [7, 11) is 1.49. The average Bonchev–Trinajstić information content (AvgIpc) is 2.87. The number of benzene rings is 3. The van der Waals surface area contributed by atoms with Crippen molar-refractivity contribution in [1.82, 2.24) is 5.32 Å². The molecule has 1 aliphatic heterocycles. The minimum absolute atomic E-state index is 0.0278. The number of anilines is 1. The van der Waals surface area contributed by atoms with E-state index in [0.29, 0.717) is 28.5 Å². The van der Waals surface area contributed by atoms with E-state index in [0.717, 1.165) is 16.0 Å². The lowest BCUT2D eigenvalue weighted by Gasteiger charge is -2.26. The monoisotopic (exact) mass is 518 g/mol. The number of rotatable bonds is 8. The molecule has 37 heavy (non-hydrogen) atoms. The number of hydrogen-bond donors (Lipinski definition) is 2. The summed E-state index contributed by atoms with van der Waals surface area (Å²) in [5.74, 6) is -0.770. The molecule has 1 saturated heterocycles. The van der Waals surface area contributed by atoms with Crippen LogP contribution in [0.4, 0.5) is 10.5 Å². The number of phenolic OH excluding ortho intramolecular Hbond substituents is 1. The summed E-state index contributed by atoms with van der Waals surface area (Å²) in [5, 5.41) is 12.3. The zero-order chi connectivity index (χ0) is 26.5. The fourth-order valence-corrected chi connectivity index (χ4v) is 4.04. The number of phenols is 1. The Morgan fingerprint density at radius 2 is 1.84 bits per heavy atom. The van der Waals surface area contributed by atoms with Gasteiger partial charge in [-0.05, 0) is 72.2 Å². The van der Waals surface area contributed by atoms with Gasteiger partial charge in [0.2, 0.25) is 0 Å². The Hall–Kier alpha value is -4.56. The van der Waals surface area contributed by atoms with E-state index in [9.17, 15) is 19.5 Å². The third kappa shape index (κ3) is 5.65. The predicted molar refractivity (Wildman–Crippen MR) is 140 cm³/mol. The quantitative estimate of drug-likeness (QED) is 0.246. The molecule has 4 rings (SSSR count). The Labute approximate surface area is 218 Å². The van der Waals surface area contributed by atoms with Gasteiger partial charge in [-0.2, -0.15) is 0 Å². The first-order valence-electron chi connectivity index (χ1n) is 11.2. The van der Waals surface area contributed by atoms with Crippen molar-refractivity contribution in [2.75, 3.05) is 12.0 Å². The van der Waals surface area contributed by atoms with Crippen LogP contribution in [0.3, 0.4) is 0 Å². The highest BCUT2D eigenvalue weighted by Crippen LogP contribution is 2.35. The standard InChI is InChI=1S/C28H23ClN2O6/c1-3-5-19-12-18(15-24(36-2)25(19)37-16-17-6-4-7-20(29)13-17)14-23-26(33)30-28(35)31(27(23)34)21-8-10-22(32)11-9-21/h3-4,6-15,32H,1,5,16H2,2H3,(H,30,33,35)/b23-14+. The average molecular weight is 519 g/mol. The van der Waals surface area contributed by atoms with Gasteiger partial charge in [-0.3, -0.25) is 14.9 Å². The number of carbonyl (C=O) groups is 3. The fraction of sp³-hybridized carbons (Fsp3) is 0.107. The Morgan fingerprint density at radius 1 is 1.08 bits per heavy atom. The van der Waals surface area contributed by atoms with Crippen LogP contribution in [-0.2, 0) is 22.6 Å². The second-order valence-electron chi connectivity index (χ2n) is 8.10. The number of amides is 4. The number of methoxy groups -OCH3 is 1. The smallest absolute Gasteiger partial charge is 0.335 e. The van der Waals surface area contributed by atoms with Crippen molar-refractivity contribution in [1.29, 1.82) is 0 Å². The zero-order valence-corrected chi connectivity index (χ0v) is 20.6. The third-order valence-electron chi connectivity index (χ3n) is 5.53. The Bertz CT molecular complexity index is 1410. The van der Waals surface area contributed by atoms with Gasteiger partial charge in [0.25, 0.3) is 11.8 Å². The van der Waals surface area contributed by atoms with Crippen LogP contribution < -0.4 is 19.7 Å². The number of allylic oxidation sites excluding steroid dienone is 1. The molecule has 3 aromatic carbocycles. The highest BCUT2D eigenvalue weighted by atomic mass is 35.5. The van der Waals surface area contributed by atoms with Crippen LogP contribution in [0, 0.1) is 0 Å². The molecule has 4 amide bonds. The molecule has 1 heterocycles. The number of nitrogens with one attached hydrogen (secondary N) is 1. The topological polar surface area (TPSA) is 105 Å². The van der Waals surface area contributed by atoms with Gasteiger partial charge in [0.1, 0.15) is 17.9 Å². The van der Waals surface area contributed by atoms with Gasteiger partial charge in [0.15, 0.2) is 11.5 Å². The van der Waals surface area contributed by atoms with E-state index < -0.39 is 17.8 Å².